The van der Waals surface area contributed by atoms with Gasteiger partial charge >= 0.3 is 0 Å². The van der Waals surface area contributed by atoms with Gasteiger partial charge in [-0.1, -0.05) is 48.5 Å². The van der Waals surface area contributed by atoms with Crippen molar-refractivity contribution in [3.05, 3.63) is 108 Å². The van der Waals surface area contributed by atoms with Gasteiger partial charge in [-0.05, 0) is 68.6 Å². The molecule has 0 saturated carbocycles. The fourth-order valence-corrected chi connectivity index (χ4v) is 4.94. The number of fused-ring (bicyclic) bond motifs is 1. The van der Waals surface area contributed by atoms with Crippen molar-refractivity contribution in [2.45, 2.75) is 45.7 Å². The van der Waals surface area contributed by atoms with Crippen molar-refractivity contribution in [2.24, 2.45) is 5.92 Å². The van der Waals surface area contributed by atoms with Gasteiger partial charge in [0.1, 0.15) is 11.6 Å². The van der Waals surface area contributed by atoms with E-state index >= 15 is 0 Å². The number of carbonyl (C=O) groups is 1. The first-order chi connectivity index (χ1) is 19.2. The van der Waals surface area contributed by atoms with E-state index in [1.54, 1.807) is 6.26 Å². The maximum Gasteiger partial charge on any atom is 0.223 e. The second-order valence-electron chi connectivity index (χ2n) is 9.94. The first-order valence-electron chi connectivity index (χ1n) is 13.7. The standard InChI is InChI=1S/C22H27N5O2.C9H9N/c28-22(18-10-12-23-13-11-18)24-15-21-26-25-20(9-8-17-5-2-1-3-6-17)27(21)16-19-7-4-14-29-19;1-7-6-10-9-5-3-2-4-8(7)9/h1-7,14,18,23H,8-13,15-16H2,(H,24,28);2-6,10H,1H3. The van der Waals surface area contributed by atoms with E-state index in [9.17, 15) is 4.79 Å². The van der Waals surface area contributed by atoms with Crippen LogP contribution in [-0.2, 0) is 30.7 Å². The summed E-state index contributed by atoms with van der Waals surface area (Å²) < 4.78 is 7.59. The molecule has 0 radical (unpaired) electrons. The van der Waals surface area contributed by atoms with Crippen LogP contribution in [0.2, 0.25) is 0 Å². The van der Waals surface area contributed by atoms with Crippen molar-refractivity contribution in [3.8, 4) is 0 Å². The normalized spacial score (nSPS) is 13.7. The molecule has 39 heavy (non-hydrogen) atoms. The number of para-hydroxylation sites is 1. The van der Waals surface area contributed by atoms with Gasteiger partial charge in [-0.3, -0.25) is 4.79 Å². The molecular weight excluding hydrogens is 488 g/mol. The van der Waals surface area contributed by atoms with E-state index < -0.39 is 0 Å². The number of nitrogens with zero attached hydrogens (tertiary/aromatic N) is 3. The number of aromatic amines is 1. The number of aryl methyl sites for hydroxylation is 3. The van der Waals surface area contributed by atoms with Crippen LogP contribution >= 0.6 is 0 Å². The fraction of sp³-hybridized carbons (Fsp3) is 0.323. The van der Waals surface area contributed by atoms with Crippen molar-refractivity contribution < 1.29 is 9.21 Å². The quantitative estimate of drug-likeness (QED) is 0.271. The molecule has 1 saturated heterocycles. The zero-order chi connectivity index (χ0) is 26.9. The summed E-state index contributed by atoms with van der Waals surface area (Å²) in [4.78, 5) is 15.7. The van der Waals surface area contributed by atoms with E-state index in [-0.39, 0.29) is 11.8 Å². The summed E-state index contributed by atoms with van der Waals surface area (Å²) in [5.41, 5.74) is 3.80. The molecule has 6 rings (SSSR count). The Bertz CT molecular complexity index is 1450. The van der Waals surface area contributed by atoms with Crippen LogP contribution in [-0.4, -0.2) is 38.7 Å². The second kappa shape index (κ2) is 13.1. The molecule has 2 aromatic carbocycles. The molecule has 0 unspecified atom stereocenters. The molecule has 0 aliphatic carbocycles. The topological polar surface area (TPSA) is 101 Å². The van der Waals surface area contributed by atoms with Gasteiger partial charge < -0.3 is 24.6 Å². The number of aromatic nitrogens is 4. The summed E-state index contributed by atoms with van der Waals surface area (Å²) in [6.45, 7) is 4.84. The number of hydrogen-bond acceptors (Lipinski definition) is 5. The molecule has 1 fully saturated rings. The third kappa shape index (κ3) is 7.03. The molecule has 3 aromatic heterocycles. The molecule has 0 atom stereocenters. The minimum atomic E-state index is 0.0789. The third-order valence-electron chi connectivity index (χ3n) is 7.20. The molecule has 1 aliphatic heterocycles. The number of carbonyl (C=O) groups excluding carboxylic acids is 1. The van der Waals surface area contributed by atoms with Crippen molar-refractivity contribution >= 4 is 16.8 Å². The summed E-state index contributed by atoms with van der Waals surface area (Å²) in [5, 5.41) is 16.5. The molecule has 8 nitrogen and oxygen atoms in total. The van der Waals surface area contributed by atoms with E-state index in [1.165, 1.54) is 22.0 Å². The number of amides is 1. The lowest BCUT2D eigenvalue weighted by atomic mass is 9.97. The minimum absolute atomic E-state index is 0.0789. The minimum Gasteiger partial charge on any atom is -0.467 e. The Morgan fingerprint density at radius 1 is 0.974 bits per heavy atom. The monoisotopic (exact) mass is 524 g/mol. The van der Waals surface area contributed by atoms with Crippen LogP contribution in [0.15, 0.2) is 83.6 Å². The number of piperidine rings is 1. The molecule has 1 amide bonds. The van der Waals surface area contributed by atoms with Gasteiger partial charge in [0, 0.05) is 29.4 Å². The van der Waals surface area contributed by atoms with E-state index in [2.05, 4.69) is 67.6 Å². The van der Waals surface area contributed by atoms with Crippen LogP contribution in [0.3, 0.4) is 0 Å². The van der Waals surface area contributed by atoms with Crippen LogP contribution in [0.1, 0.15) is 41.4 Å². The number of hydrogen-bond donors (Lipinski definition) is 3. The average molecular weight is 525 g/mol. The maximum atomic E-state index is 12.5. The number of benzene rings is 2. The van der Waals surface area contributed by atoms with Gasteiger partial charge in [-0.15, -0.1) is 10.2 Å². The molecule has 0 spiro atoms. The number of nitrogens with one attached hydrogen (secondary N) is 3. The highest BCUT2D eigenvalue weighted by molar-refractivity contribution is 5.82. The molecular formula is C31H36N6O2. The van der Waals surface area contributed by atoms with E-state index in [4.69, 9.17) is 4.42 Å². The molecule has 8 heteroatoms. The Balaban J connectivity index is 0.000000257. The predicted molar refractivity (Wildman–Crippen MR) is 152 cm³/mol. The summed E-state index contributed by atoms with van der Waals surface area (Å²) in [6.07, 6.45) is 7.13. The van der Waals surface area contributed by atoms with Gasteiger partial charge in [0.25, 0.3) is 0 Å². The van der Waals surface area contributed by atoms with E-state index in [0.717, 1.165) is 56.2 Å². The van der Waals surface area contributed by atoms with Gasteiger partial charge in [-0.25, -0.2) is 0 Å². The van der Waals surface area contributed by atoms with Crippen LogP contribution in [0.5, 0.6) is 0 Å². The lowest BCUT2D eigenvalue weighted by molar-refractivity contribution is -0.125. The van der Waals surface area contributed by atoms with E-state index in [0.29, 0.717) is 13.1 Å². The van der Waals surface area contributed by atoms with Crippen LogP contribution in [0.4, 0.5) is 0 Å². The van der Waals surface area contributed by atoms with E-state index in [1.807, 2.05) is 42.6 Å². The summed E-state index contributed by atoms with van der Waals surface area (Å²) in [6, 6.07) is 22.5. The first-order valence-corrected chi connectivity index (χ1v) is 13.7. The summed E-state index contributed by atoms with van der Waals surface area (Å²) in [5.74, 6) is 2.68. The molecule has 202 valence electrons. The Labute approximate surface area is 228 Å². The SMILES string of the molecule is Cc1c[nH]c2ccccc12.O=C(NCc1nnc(CCc2ccccc2)n1Cc1ccco1)C1CCNCC1. The number of H-pyrrole nitrogens is 1. The largest absolute Gasteiger partial charge is 0.467 e. The summed E-state index contributed by atoms with van der Waals surface area (Å²) in [7, 11) is 0. The fourth-order valence-electron chi connectivity index (χ4n) is 4.94. The lowest BCUT2D eigenvalue weighted by Crippen LogP contribution is -2.38. The van der Waals surface area contributed by atoms with Gasteiger partial charge in [0.15, 0.2) is 5.82 Å². The second-order valence-corrected chi connectivity index (χ2v) is 9.94. The van der Waals surface area contributed by atoms with Crippen molar-refractivity contribution in [1.82, 2.24) is 30.4 Å². The Kier molecular flexibility index (Phi) is 8.86. The number of furan rings is 1. The lowest BCUT2D eigenvalue weighted by Gasteiger charge is -2.21. The highest BCUT2D eigenvalue weighted by Crippen LogP contribution is 2.16. The average Bonchev–Trinajstić information content (AvgIpc) is 3.74. The van der Waals surface area contributed by atoms with Crippen LogP contribution in [0.25, 0.3) is 10.9 Å². The molecule has 3 N–H and O–H groups in total. The zero-order valence-electron chi connectivity index (χ0n) is 22.4. The highest BCUT2D eigenvalue weighted by atomic mass is 16.3. The number of rotatable bonds is 8. The Morgan fingerprint density at radius 3 is 2.51 bits per heavy atom. The van der Waals surface area contributed by atoms with Crippen molar-refractivity contribution in [2.75, 3.05) is 13.1 Å². The third-order valence-corrected chi connectivity index (χ3v) is 7.20. The Morgan fingerprint density at radius 2 is 1.74 bits per heavy atom. The maximum absolute atomic E-state index is 12.5. The zero-order valence-corrected chi connectivity index (χ0v) is 22.4. The first kappa shape index (κ1) is 26.4. The smallest absolute Gasteiger partial charge is 0.223 e. The summed E-state index contributed by atoms with van der Waals surface area (Å²) >= 11 is 0. The highest BCUT2D eigenvalue weighted by Gasteiger charge is 2.22. The van der Waals surface area contributed by atoms with Crippen molar-refractivity contribution in [1.29, 1.82) is 0 Å². The predicted octanol–water partition coefficient (Wildman–Crippen LogP) is 4.80. The molecule has 4 heterocycles. The van der Waals surface area contributed by atoms with Crippen molar-refractivity contribution in [3.63, 3.8) is 0 Å². The van der Waals surface area contributed by atoms with Gasteiger partial charge in [0.2, 0.25) is 5.91 Å². The molecule has 1 aliphatic rings. The van der Waals surface area contributed by atoms with Gasteiger partial charge in [-0.2, -0.15) is 0 Å². The van der Waals surface area contributed by atoms with Crippen LogP contribution < -0.4 is 10.6 Å². The molecule has 0 bridgehead atoms. The Hall–Kier alpha value is -4.17. The van der Waals surface area contributed by atoms with Crippen LogP contribution in [0, 0.1) is 12.8 Å². The molecule has 5 aromatic rings. The van der Waals surface area contributed by atoms with Gasteiger partial charge in [0.05, 0.1) is 19.4 Å².